The highest BCUT2D eigenvalue weighted by Crippen LogP contribution is 2.27. The van der Waals surface area contributed by atoms with E-state index in [-0.39, 0.29) is 11.1 Å². The number of ether oxygens (including phenoxy) is 2. The number of hydrogen-bond donors (Lipinski definition) is 1. The molecule has 0 saturated carbocycles. The number of carboxylic acids is 2. The topological polar surface area (TPSA) is 149 Å². The molecule has 0 aliphatic carbocycles. The molecule has 2 N–H and O–H groups in total. The van der Waals surface area contributed by atoms with Crippen LogP contribution in [0.4, 0.5) is 0 Å². The number of carbonyl (C=O) groups excluding carboxylic acids is 4. The second-order valence-corrected chi connectivity index (χ2v) is 10.4. The van der Waals surface area contributed by atoms with Crippen LogP contribution in [0.3, 0.4) is 0 Å². The Morgan fingerprint density at radius 2 is 1.21 bits per heavy atom. The van der Waals surface area contributed by atoms with Crippen molar-refractivity contribution < 1.29 is 44.2 Å². The fourth-order valence-electron chi connectivity index (χ4n) is 4.47. The number of aryl methyl sites for hydroxylation is 1. The van der Waals surface area contributed by atoms with Gasteiger partial charge in [0.05, 0.1) is 36.2 Å². The summed E-state index contributed by atoms with van der Waals surface area (Å²) in [6.45, 7) is 4.36. The number of hydrogen-bond acceptors (Lipinski definition) is 8. The van der Waals surface area contributed by atoms with Crippen LogP contribution in [0.5, 0.6) is 0 Å². The maximum Gasteiger partial charge on any atom is 0.338 e. The van der Waals surface area contributed by atoms with Crippen LogP contribution in [0, 0.1) is 6.92 Å². The summed E-state index contributed by atoms with van der Waals surface area (Å²) in [7, 11) is 0. The molecule has 3 aromatic rings. The van der Waals surface area contributed by atoms with E-state index in [1.54, 1.807) is 25.1 Å². The van der Waals surface area contributed by atoms with Crippen LogP contribution in [0.2, 0.25) is 5.02 Å². The quantitative estimate of drug-likeness (QED) is 0.388. The van der Waals surface area contributed by atoms with Crippen molar-refractivity contribution in [1.82, 2.24) is 0 Å². The van der Waals surface area contributed by atoms with Gasteiger partial charge in [0, 0.05) is 5.02 Å². The summed E-state index contributed by atoms with van der Waals surface area (Å²) in [4.78, 5) is 46.7. The minimum absolute atomic E-state index is 0.0154. The van der Waals surface area contributed by atoms with Crippen molar-refractivity contribution in [2.75, 3.05) is 13.1 Å². The molecule has 42 heavy (non-hydrogen) atoms. The minimum atomic E-state index is -2.39. The van der Waals surface area contributed by atoms with Gasteiger partial charge in [-0.1, -0.05) is 59.6 Å². The lowest BCUT2D eigenvalue weighted by molar-refractivity contribution is -0.656. The van der Waals surface area contributed by atoms with Gasteiger partial charge in [-0.15, -0.1) is 0 Å². The molecule has 1 aliphatic rings. The second-order valence-electron chi connectivity index (χ2n) is 9.92. The zero-order valence-electron chi connectivity index (χ0n) is 23.2. The van der Waals surface area contributed by atoms with Crippen LogP contribution in [0.25, 0.3) is 0 Å². The first-order valence-electron chi connectivity index (χ1n) is 13.7. The Balaban J connectivity index is 0.000000271. The van der Waals surface area contributed by atoms with Crippen molar-refractivity contribution in [3.8, 4) is 0 Å². The molecule has 0 amide bonds. The van der Waals surface area contributed by atoms with Gasteiger partial charge in [-0.3, -0.25) is 0 Å². The van der Waals surface area contributed by atoms with Gasteiger partial charge in [0.25, 0.3) is 0 Å². The van der Waals surface area contributed by atoms with E-state index >= 15 is 0 Å². The van der Waals surface area contributed by atoms with E-state index in [1.807, 2.05) is 12.1 Å². The van der Waals surface area contributed by atoms with E-state index in [4.69, 9.17) is 16.3 Å². The van der Waals surface area contributed by atoms with E-state index in [0.29, 0.717) is 0 Å². The lowest BCUT2D eigenvalue weighted by Gasteiger charge is -2.28. The average molecular weight is 595 g/mol. The number of aliphatic carboxylic acids is 2. The van der Waals surface area contributed by atoms with Crippen LogP contribution in [-0.4, -0.2) is 49.2 Å². The number of quaternary nitrogens is 1. The zero-order chi connectivity index (χ0) is 30.5. The Hall–Kier alpha value is -4.21. The standard InChI is InChI=1S/C19H16O8.C13H18ClN/c1-11-7-9-13(10-8-11)19(25)27-15(17(22)23)14(16(20)21)26-18(24)12-5-3-2-4-6-12;14-13-7-5-12(6-8-13)11-3-1-9-15-10-2-4-11/h2-10,14-15H,1H3,(H,20,21)(H,22,23);5-8,11,15H,1-4,9-10H2/p-1/t14-,15-;/m1./s1. The normalized spacial score (nSPS) is 15.0. The Kier molecular flexibility index (Phi) is 12.5. The van der Waals surface area contributed by atoms with E-state index in [0.717, 1.165) is 16.5 Å². The molecule has 2 atom stereocenters. The van der Waals surface area contributed by atoms with Gasteiger partial charge in [0.1, 0.15) is 0 Å². The number of benzene rings is 3. The largest absolute Gasteiger partial charge is 0.546 e. The van der Waals surface area contributed by atoms with E-state index in [1.165, 1.54) is 80.7 Å². The molecule has 3 aromatic carbocycles. The molecule has 0 aromatic heterocycles. The van der Waals surface area contributed by atoms with Crippen LogP contribution in [0.15, 0.2) is 78.9 Å². The number of halogens is 1. The minimum Gasteiger partial charge on any atom is -0.546 e. The van der Waals surface area contributed by atoms with Crippen molar-refractivity contribution in [2.45, 2.75) is 50.7 Å². The molecule has 0 spiro atoms. The van der Waals surface area contributed by atoms with Crippen molar-refractivity contribution >= 4 is 35.5 Å². The molecule has 9 nitrogen and oxygen atoms in total. The van der Waals surface area contributed by atoms with Gasteiger partial charge < -0.3 is 34.6 Å². The van der Waals surface area contributed by atoms with Crippen LogP contribution >= 0.6 is 11.6 Å². The van der Waals surface area contributed by atoms with Crippen LogP contribution in [-0.2, 0) is 19.1 Å². The fraction of sp³-hybridized carbons (Fsp3) is 0.312. The molecule has 1 saturated heterocycles. The fourth-order valence-corrected chi connectivity index (χ4v) is 4.60. The van der Waals surface area contributed by atoms with Gasteiger partial charge in [-0.05, 0) is 80.5 Å². The third kappa shape index (κ3) is 10.0. The molecule has 0 unspecified atom stereocenters. The first-order chi connectivity index (χ1) is 20.2. The smallest absolute Gasteiger partial charge is 0.338 e. The van der Waals surface area contributed by atoms with Crippen molar-refractivity contribution in [1.29, 1.82) is 0 Å². The second kappa shape index (κ2) is 16.3. The van der Waals surface area contributed by atoms with Crippen molar-refractivity contribution in [3.05, 3.63) is 106 Å². The number of nitrogens with two attached hydrogens (primary N) is 1. The summed E-state index contributed by atoms with van der Waals surface area (Å²) >= 11 is 5.90. The summed E-state index contributed by atoms with van der Waals surface area (Å²) in [6.07, 6.45) is 0.560. The SMILES string of the molecule is Cc1ccc(C(=O)O[C@@H](C(=O)[O-])[C@@H](OC(=O)c2ccccc2)C(=O)[O-])cc1.Clc1ccc(C2CCC[NH2+]CCC2)cc1. The lowest BCUT2D eigenvalue weighted by Crippen LogP contribution is -2.84. The van der Waals surface area contributed by atoms with Gasteiger partial charge >= 0.3 is 11.9 Å². The summed E-state index contributed by atoms with van der Waals surface area (Å²) in [5.74, 6) is -5.58. The predicted molar refractivity (Wildman–Crippen MR) is 150 cm³/mol. The molecule has 222 valence electrons. The summed E-state index contributed by atoms with van der Waals surface area (Å²) in [5, 5.41) is 25.9. The maximum absolute atomic E-state index is 12.1. The highest BCUT2D eigenvalue weighted by Gasteiger charge is 2.32. The first-order valence-corrected chi connectivity index (χ1v) is 14.1. The van der Waals surface area contributed by atoms with Crippen molar-refractivity contribution in [3.63, 3.8) is 0 Å². The highest BCUT2D eigenvalue weighted by molar-refractivity contribution is 6.30. The van der Waals surface area contributed by atoms with Gasteiger partial charge in [0.2, 0.25) is 0 Å². The lowest BCUT2D eigenvalue weighted by atomic mass is 9.89. The van der Waals surface area contributed by atoms with Gasteiger partial charge in [0.15, 0.2) is 12.2 Å². The third-order valence-electron chi connectivity index (χ3n) is 6.77. The van der Waals surface area contributed by atoms with E-state index < -0.39 is 36.1 Å². The molecule has 0 radical (unpaired) electrons. The number of rotatable bonds is 8. The zero-order valence-corrected chi connectivity index (χ0v) is 24.0. The maximum atomic E-state index is 12.1. The molecule has 4 rings (SSSR count). The monoisotopic (exact) mass is 594 g/mol. The molecule has 1 fully saturated rings. The van der Waals surface area contributed by atoms with Crippen LogP contribution < -0.4 is 15.5 Å². The number of esters is 2. The van der Waals surface area contributed by atoms with Gasteiger partial charge in [-0.25, -0.2) is 9.59 Å². The predicted octanol–water partition coefficient (Wildman–Crippen LogP) is 1.81. The molecule has 0 bridgehead atoms. The molecule has 1 heterocycles. The highest BCUT2D eigenvalue weighted by atomic mass is 35.5. The van der Waals surface area contributed by atoms with Crippen LogP contribution in [0.1, 0.15) is 63.4 Å². The Morgan fingerprint density at radius 1 is 0.738 bits per heavy atom. The number of carbonyl (C=O) groups is 4. The van der Waals surface area contributed by atoms with E-state index in [9.17, 15) is 29.4 Å². The third-order valence-corrected chi connectivity index (χ3v) is 7.02. The molecule has 10 heteroatoms. The van der Waals surface area contributed by atoms with Crippen molar-refractivity contribution in [2.24, 2.45) is 0 Å². The first kappa shape index (κ1) is 32.3. The Bertz CT molecular complexity index is 1320. The molecular weight excluding hydrogens is 562 g/mol. The number of carboxylic acid groups (broad SMARTS) is 2. The summed E-state index contributed by atoms with van der Waals surface area (Å²) in [5.41, 5.74) is 2.28. The van der Waals surface area contributed by atoms with E-state index in [2.05, 4.69) is 22.2 Å². The summed E-state index contributed by atoms with van der Waals surface area (Å²) < 4.78 is 9.38. The molecule has 1 aliphatic heterocycles. The summed E-state index contributed by atoms with van der Waals surface area (Å²) in [6, 6.07) is 21.6. The molecular formula is C32H33ClNO8-. The average Bonchev–Trinajstić information content (AvgIpc) is 2.96. The van der Waals surface area contributed by atoms with Gasteiger partial charge in [-0.2, -0.15) is 0 Å². The Labute approximate surface area is 249 Å². The Morgan fingerprint density at radius 3 is 1.69 bits per heavy atom.